The molecule has 0 N–H and O–H groups in total. The number of hydrogen-bond acceptors (Lipinski definition) is 2. The van der Waals surface area contributed by atoms with Crippen molar-refractivity contribution in [3.63, 3.8) is 0 Å². The van der Waals surface area contributed by atoms with Crippen molar-refractivity contribution >= 4 is 12.5 Å². The molecule has 2 nitrogen and oxygen atoms in total. The Bertz CT molecular complexity index is 194. The number of rotatable bonds is 3. The third kappa shape index (κ3) is 2.91. The van der Waals surface area contributed by atoms with E-state index in [2.05, 4.69) is 11.7 Å². The van der Waals surface area contributed by atoms with Gasteiger partial charge in [-0.1, -0.05) is 0 Å². The molecule has 0 aromatic carbocycles. The van der Waals surface area contributed by atoms with Crippen molar-refractivity contribution in [1.29, 1.82) is 0 Å². The number of carbonyl (C=O) groups is 1. The molecule has 0 unspecified atom stereocenters. The SMILES string of the molecule is C=N/C=C\C(=C\F)C(C)=O. The summed E-state index contributed by atoms with van der Waals surface area (Å²) in [5.74, 6) is -0.331. The maximum Gasteiger partial charge on any atom is 0.162 e. The number of Topliss-reactive ketones (excluding diaryl/α,β-unsaturated/α-hetero) is 1. The zero-order valence-electron chi connectivity index (χ0n) is 5.67. The van der Waals surface area contributed by atoms with Crippen LogP contribution in [0.2, 0.25) is 0 Å². The van der Waals surface area contributed by atoms with E-state index >= 15 is 0 Å². The van der Waals surface area contributed by atoms with Crippen LogP contribution in [0.5, 0.6) is 0 Å². The fourth-order valence-corrected chi connectivity index (χ4v) is 0.364. The zero-order valence-corrected chi connectivity index (χ0v) is 5.67. The fraction of sp³-hybridized carbons (Fsp3) is 0.143. The van der Waals surface area contributed by atoms with Crippen molar-refractivity contribution in [3.05, 3.63) is 24.2 Å². The number of carbonyl (C=O) groups excluding carboxylic acids is 1. The molecular weight excluding hydrogens is 133 g/mol. The molecule has 3 heteroatoms. The fourth-order valence-electron chi connectivity index (χ4n) is 0.364. The van der Waals surface area contributed by atoms with Gasteiger partial charge < -0.3 is 0 Å². The first-order valence-electron chi connectivity index (χ1n) is 2.66. The van der Waals surface area contributed by atoms with Gasteiger partial charge in [0.2, 0.25) is 0 Å². The number of nitrogens with zero attached hydrogens (tertiary/aromatic N) is 1. The van der Waals surface area contributed by atoms with E-state index in [4.69, 9.17) is 0 Å². The first-order chi connectivity index (χ1) is 4.72. The van der Waals surface area contributed by atoms with Crippen LogP contribution in [0.1, 0.15) is 6.92 Å². The number of halogens is 1. The second-order valence-electron chi connectivity index (χ2n) is 1.62. The Labute approximate surface area is 58.8 Å². The predicted octanol–water partition coefficient (Wildman–Crippen LogP) is 1.64. The lowest BCUT2D eigenvalue weighted by Gasteiger charge is -1.87. The molecular formula is C7H8FNO. The molecule has 0 spiro atoms. The Morgan fingerprint density at radius 3 is 2.60 bits per heavy atom. The first-order valence-corrected chi connectivity index (χ1v) is 2.66. The van der Waals surface area contributed by atoms with E-state index < -0.39 is 0 Å². The highest BCUT2D eigenvalue weighted by atomic mass is 19.1. The average Bonchev–Trinajstić information content (AvgIpc) is 1.89. The second-order valence-corrected chi connectivity index (χ2v) is 1.62. The van der Waals surface area contributed by atoms with Crippen molar-refractivity contribution in [3.8, 4) is 0 Å². The van der Waals surface area contributed by atoms with Gasteiger partial charge in [0.1, 0.15) is 0 Å². The van der Waals surface area contributed by atoms with Gasteiger partial charge in [-0.05, 0) is 19.7 Å². The van der Waals surface area contributed by atoms with E-state index in [-0.39, 0.29) is 17.7 Å². The lowest BCUT2D eigenvalue weighted by atomic mass is 10.2. The van der Waals surface area contributed by atoms with E-state index in [9.17, 15) is 9.18 Å². The van der Waals surface area contributed by atoms with Crippen molar-refractivity contribution in [2.45, 2.75) is 6.92 Å². The summed E-state index contributed by atoms with van der Waals surface area (Å²) in [6.45, 7) is 4.41. The highest BCUT2D eigenvalue weighted by Gasteiger charge is 1.96. The van der Waals surface area contributed by atoms with Gasteiger partial charge in [0.15, 0.2) is 5.78 Å². The lowest BCUT2D eigenvalue weighted by molar-refractivity contribution is -0.113. The molecule has 54 valence electrons. The van der Waals surface area contributed by atoms with Crippen LogP contribution in [0.3, 0.4) is 0 Å². The summed E-state index contributed by atoms with van der Waals surface area (Å²) in [7, 11) is 0. The predicted molar refractivity (Wildman–Crippen MR) is 38.6 cm³/mol. The molecule has 0 aromatic heterocycles. The van der Waals surface area contributed by atoms with Crippen LogP contribution in [0.4, 0.5) is 4.39 Å². The van der Waals surface area contributed by atoms with Gasteiger partial charge in [-0.25, -0.2) is 4.39 Å². The summed E-state index contributed by atoms with van der Waals surface area (Å²) in [5, 5.41) is 0. The highest BCUT2D eigenvalue weighted by molar-refractivity contribution is 5.95. The van der Waals surface area contributed by atoms with E-state index in [1.165, 1.54) is 19.2 Å². The van der Waals surface area contributed by atoms with Gasteiger partial charge in [-0.3, -0.25) is 9.79 Å². The molecule has 0 aliphatic heterocycles. The van der Waals surface area contributed by atoms with Crippen molar-refractivity contribution in [1.82, 2.24) is 0 Å². The maximum atomic E-state index is 11.7. The molecule has 0 aliphatic carbocycles. The molecule has 10 heavy (non-hydrogen) atoms. The molecule has 0 amide bonds. The molecule has 0 aliphatic rings. The van der Waals surface area contributed by atoms with Crippen LogP contribution in [0, 0.1) is 0 Å². The largest absolute Gasteiger partial charge is 0.294 e. The van der Waals surface area contributed by atoms with Gasteiger partial charge in [-0.15, -0.1) is 0 Å². The van der Waals surface area contributed by atoms with Crippen LogP contribution >= 0.6 is 0 Å². The summed E-state index contributed by atoms with van der Waals surface area (Å²) in [6, 6.07) is 0. The van der Waals surface area contributed by atoms with Crippen LogP contribution in [0.15, 0.2) is 29.2 Å². The van der Waals surface area contributed by atoms with Gasteiger partial charge >= 0.3 is 0 Å². The van der Waals surface area contributed by atoms with E-state index in [0.717, 1.165) is 0 Å². The van der Waals surface area contributed by atoms with Crippen LogP contribution in [0.25, 0.3) is 0 Å². The molecule has 0 saturated carbocycles. The molecule has 0 fully saturated rings. The summed E-state index contributed by atoms with van der Waals surface area (Å²) in [5.41, 5.74) is -0.00704. The Balaban J connectivity index is 4.25. The summed E-state index contributed by atoms with van der Waals surface area (Å²) < 4.78 is 11.7. The van der Waals surface area contributed by atoms with Crippen LogP contribution in [-0.2, 0) is 4.79 Å². The van der Waals surface area contributed by atoms with Crippen molar-refractivity contribution in [2.24, 2.45) is 4.99 Å². The molecule has 0 aromatic rings. The molecule has 0 atom stereocenters. The van der Waals surface area contributed by atoms with Crippen molar-refractivity contribution < 1.29 is 9.18 Å². The van der Waals surface area contributed by atoms with Gasteiger partial charge in [0.25, 0.3) is 0 Å². The maximum absolute atomic E-state index is 11.7. The minimum atomic E-state index is -0.331. The normalized spacial score (nSPS) is 12.0. The number of ketones is 1. The minimum Gasteiger partial charge on any atom is -0.294 e. The second kappa shape index (κ2) is 4.61. The summed E-state index contributed by atoms with van der Waals surface area (Å²) in [4.78, 5) is 13.8. The summed E-state index contributed by atoms with van der Waals surface area (Å²) in [6.07, 6.45) is 2.76. The van der Waals surface area contributed by atoms with E-state index in [1.54, 1.807) is 0 Å². The molecule has 0 radical (unpaired) electrons. The number of aliphatic imine (C=N–C) groups is 1. The molecule has 0 rings (SSSR count). The quantitative estimate of drug-likeness (QED) is 0.334. The number of allylic oxidation sites excluding steroid dienone is 2. The van der Waals surface area contributed by atoms with Gasteiger partial charge in [-0.2, -0.15) is 0 Å². The first kappa shape index (κ1) is 8.75. The summed E-state index contributed by atoms with van der Waals surface area (Å²) >= 11 is 0. The van der Waals surface area contributed by atoms with Gasteiger partial charge in [0.05, 0.1) is 6.33 Å². The Kier molecular flexibility index (Phi) is 4.04. The van der Waals surface area contributed by atoms with Gasteiger partial charge in [0, 0.05) is 11.8 Å². The molecule has 0 saturated heterocycles. The molecule has 0 heterocycles. The Morgan fingerprint density at radius 1 is 1.70 bits per heavy atom. The topological polar surface area (TPSA) is 29.4 Å². The third-order valence-corrected chi connectivity index (χ3v) is 0.884. The van der Waals surface area contributed by atoms with Crippen LogP contribution in [-0.4, -0.2) is 12.5 Å². The van der Waals surface area contributed by atoms with E-state index in [0.29, 0.717) is 0 Å². The zero-order chi connectivity index (χ0) is 7.98. The Morgan fingerprint density at radius 2 is 2.30 bits per heavy atom. The van der Waals surface area contributed by atoms with E-state index in [1.807, 2.05) is 0 Å². The highest BCUT2D eigenvalue weighted by Crippen LogP contribution is 1.98. The third-order valence-electron chi connectivity index (χ3n) is 0.884. The molecule has 0 bridgehead atoms. The Hall–Kier alpha value is -1.25. The van der Waals surface area contributed by atoms with Crippen molar-refractivity contribution in [2.75, 3.05) is 0 Å². The standard InChI is InChI=1S/C7H8FNO/c1-6(10)7(5-8)3-4-9-2/h3-5H,2H2,1H3/b4-3-,7-5-. The monoisotopic (exact) mass is 141 g/mol. The lowest BCUT2D eigenvalue weighted by Crippen LogP contribution is -1.90. The average molecular weight is 141 g/mol. The number of hydrogen-bond donors (Lipinski definition) is 0. The van der Waals surface area contributed by atoms with Crippen LogP contribution < -0.4 is 0 Å². The smallest absolute Gasteiger partial charge is 0.162 e. The minimum absolute atomic E-state index is 0.00704.